The van der Waals surface area contributed by atoms with Crippen LogP contribution in [-0.4, -0.2) is 42.3 Å². The van der Waals surface area contributed by atoms with Crippen molar-refractivity contribution >= 4 is 39.7 Å². The predicted molar refractivity (Wildman–Crippen MR) is 103 cm³/mol. The molecule has 3 N–H and O–H groups in total. The number of hydrogen-bond acceptors (Lipinski definition) is 6. The van der Waals surface area contributed by atoms with E-state index in [0.29, 0.717) is 27.1 Å². The van der Waals surface area contributed by atoms with Crippen LogP contribution in [-0.2, 0) is 9.53 Å². The van der Waals surface area contributed by atoms with Crippen LogP contribution in [0.25, 0.3) is 0 Å². The highest BCUT2D eigenvalue weighted by molar-refractivity contribution is 9.10. The van der Waals surface area contributed by atoms with Crippen molar-refractivity contribution in [1.29, 1.82) is 0 Å². The normalized spacial score (nSPS) is 16.8. The molecule has 0 fully saturated rings. The molecule has 9 heteroatoms. The second-order valence-corrected chi connectivity index (χ2v) is 7.70. The molecule has 1 aromatic carbocycles. The maximum Gasteiger partial charge on any atom is 0.338 e. The summed E-state index contributed by atoms with van der Waals surface area (Å²) in [7, 11) is 1.42. The van der Waals surface area contributed by atoms with Gasteiger partial charge in [0.05, 0.1) is 23.2 Å². The van der Waals surface area contributed by atoms with Gasteiger partial charge in [0, 0.05) is 11.4 Å². The predicted octanol–water partition coefficient (Wildman–Crippen LogP) is 3.09. The molecule has 1 aliphatic rings. The summed E-state index contributed by atoms with van der Waals surface area (Å²) in [6.45, 7) is 3.97. The van der Waals surface area contributed by atoms with E-state index in [1.165, 1.54) is 7.11 Å². The first-order chi connectivity index (χ1) is 12.4. The van der Waals surface area contributed by atoms with Gasteiger partial charge in [-0.25, -0.2) is 9.59 Å². The number of benzene rings is 1. The molecule has 1 aliphatic heterocycles. The van der Waals surface area contributed by atoms with Crippen LogP contribution in [0.3, 0.4) is 0 Å². The number of rotatable bonds is 7. The molecule has 142 valence electrons. The second kappa shape index (κ2) is 9.18. The van der Waals surface area contributed by atoms with Crippen molar-refractivity contribution in [3.63, 3.8) is 0 Å². The summed E-state index contributed by atoms with van der Waals surface area (Å²) in [5.74, 6) is 1.32. The molecular weight excluding hydrogens is 424 g/mol. The Morgan fingerprint density at radius 1 is 1.42 bits per heavy atom. The third-order valence-corrected chi connectivity index (χ3v) is 5.23. The van der Waals surface area contributed by atoms with Crippen molar-refractivity contribution in [2.24, 2.45) is 0 Å². The van der Waals surface area contributed by atoms with Gasteiger partial charge in [-0.3, -0.25) is 0 Å². The fourth-order valence-corrected chi connectivity index (χ4v) is 3.50. The number of thioether (sulfide) groups is 1. The maximum absolute atomic E-state index is 12.6. The molecule has 1 aromatic rings. The van der Waals surface area contributed by atoms with Crippen LogP contribution >= 0.6 is 27.7 Å². The van der Waals surface area contributed by atoms with E-state index in [9.17, 15) is 14.7 Å². The number of amides is 2. The number of nitrogens with one attached hydrogen (secondary N) is 2. The monoisotopic (exact) mass is 444 g/mol. The largest absolute Gasteiger partial charge is 0.503 e. The van der Waals surface area contributed by atoms with E-state index in [2.05, 4.69) is 26.6 Å². The van der Waals surface area contributed by atoms with E-state index in [0.717, 1.165) is 5.75 Å². The Morgan fingerprint density at radius 2 is 2.15 bits per heavy atom. The number of methoxy groups -OCH3 is 1. The highest BCUT2D eigenvalue weighted by atomic mass is 79.9. The van der Waals surface area contributed by atoms with Crippen LogP contribution in [0.2, 0.25) is 0 Å². The zero-order chi connectivity index (χ0) is 19.3. The van der Waals surface area contributed by atoms with Gasteiger partial charge < -0.3 is 25.2 Å². The van der Waals surface area contributed by atoms with Crippen LogP contribution in [0, 0.1) is 0 Å². The van der Waals surface area contributed by atoms with Crippen molar-refractivity contribution < 1.29 is 24.2 Å². The molecule has 7 nitrogen and oxygen atoms in total. The van der Waals surface area contributed by atoms with E-state index in [-0.39, 0.29) is 18.1 Å². The van der Waals surface area contributed by atoms with Crippen molar-refractivity contribution in [3.8, 4) is 11.5 Å². The lowest BCUT2D eigenvalue weighted by molar-refractivity contribution is -0.138. The van der Waals surface area contributed by atoms with Gasteiger partial charge in [-0.15, -0.1) is 0 Å². The SMILES string of the molecule is CCSCCOC(=O)C1=C(C)NC(=O)N[C@@H]1c1cc(Br)c(O)c(OC)c1. The summed E-state index contributed by atoms with van der Waals surface area (Å²) < 4.78 is 10.9. The maximum atomic E-state index is 12.6. The molecule has 2 amide bonds. The fourth-order valence-electron chi connectivity index (χ4n) is 2.55. The summed E-state index contributed by atoms with van der Waals surface area (Å²) in [5, 5.41) is 15.3. The standard InChI is InChI=1S/C17H21BrN2O5S/c1-4-26-6-5-25-16(22)13-9(2)19-17(23)20-14(13)10-7-11(18)15(21)12(8-10)24-3/h7-8,14,21H,4-6H2,1-3H3,(H2,19,20,23)/t14-/m1/s1. The number of halogens is 1. The molecule has 0 bridgehead atoms. The average Bonchev–Trinajstić information content (AvgIpc) is 2.60. The average molecular weight is 445 g/mol. The molecular formula is C17H21BrN2O5S. The quantitative estimate of drug-likeness (QED) is 0.441. The summed E-state index contributed by atoms with van der Waals surface area (Å²) in [5.41, 5.74) is 1.32. The molecule has 0 aliphatic carbocycles. The Balaban J connectivity index is 2.35. The van der Waals surface area contributed by atoms with Crippen molar-refractivity contribution in [1.82, 2.24) is 10.6 Å². The molecule has 26 heavy (non-hydrogen) atoms. The molecule has 0 saturated heterocycles. The van der Waals surface area contributed by atoms with E-state index >= 15 is 0 Å². The summed E-state index contributed by atoms with van der Waals surface area (Å²) >= 11 is 4.93. The highest BCUT2D eigenvalue weighted by Gasteiger charge is 2.33. The van der Waals surface area contributed by atoms with Crippen LogP contribution in [0.15, 0.2) is 27.9 Å². The lowest BCUT2D eigenvalue weighted by atomic mass is 9.95. The van der Waals surface area contributed by atoms with E-state index < -0.39 is 18.0 Å². The van der Waals surface area contributed by atoms with Gasteiger partial charge >= 0.3 is 12.0 Å². The number of carbonyl (C=O) groups is 2. The molecule has 1 atom stereocenters. The van der Waals surface area contributed by atoms with Crippen molar-refractivity contribution in [2.75, 3.05) is 25.2 Å². The van der Waals surface area contributed by atoms with Gasteiger partial charge in [0.15, 0.2) is 11.5 Å². The minimum absolute atomic E-state index is 0.0575. The van der Waals surface area contributed by atoms with Gasteiger partial charge in [-0.2, -0.15) is 11.8 Å². The van der Waals surface area contributed by atoms with Crippen LogP contribution in [0.1, 0.15) is 25.5 Å². The van der Waals surface area contributed by atoms with E-state index in [1.54, 1.807) is 30.8 Å². The zero-order valence-electron chi connectivity index (χ0n) is 14.7. The van der Waals surface area contributed by atoms with E-state index in [1.807, 2.05) is 6.92 Å². The lowest BCUT2D eigenvalue weighted by Gasteiger charge is -2.28. The van der Waals surface area contributed by atoms with Crippen LogP contribution in [0.4, 0.5) is 4.79 Å². The van der Waals surface area contributed by atoms with Gasteiger partial charge in [0.2, 0.25) is 0 Å². The zero-order valence-corrected chi connectivity index (χ0v) is 17.1. The number of urea groups is 1. The fraction of sp³-hybridized carbons (Fsp3) is 0.412. The van der Waals surface area contributed by atoms with E-state index in [4.69, 9.17) is 9.47 Å². The van der Waals surface area contributed by atoms with Crippen molar-refractivity contribution in [3.05, 3.63) is 33.4 Å². The number of aromatic hydroxyl groups is 1. The highest BCUT2D eigenvalue weighted by Crippen LogP contribution is 2.39. The second-order valence-electron chi connectivity index (χ2n) is 5.46. The summed E-state index contributed by atoms with van der Waals surface area (Å²) in [6.07, 6.45) is 0. The van der Waals surface area contributed by atoms with Gasteiger partial charge in [0.1, 0.15) is 6.61 Å². The molecule has 1 heterocycles. The minimum atomic E-state index is -0.721. The number of allylic oxidation sites excluding steroid dienone is 1. The van der Waals surface area contributed by atoms with Crippen LogP contribution < -0.4 is 15.4 Å². The number of phenolic OH excluding ortho intramolecular Hbond substituents is 1. The smallest absolute Gasteiger partial charge is 0.338 e. The number of esters is 1. The van der Waals surface area contributed by atoms with Crippen LogP contribution in [0.5, 0.6) is 11.5 Å². The van der Waals surface area contributed by atoms with Gasteiger partial charge in [-0.05, 0) is 46.3 Å². The number of carbonyl (C=O) groups excluding carboxylic acids is 2. The molecule has 0 saturated carbocycles. The Morgan fingerprint density at radius 3 is 2.81 bits per heavy atom. The molecule has 0 spiro atoms. The molecule has 0 unspecified atom stereocenters. The molecule has 2 rings (SSSR count). The number of phenols is 1. The van der Waals surface area contributed by atoms with Gasteiger partial charge in [0.25, 0.3) is 0 Å². The topological polar surface area (TPSA) is 96.9 Å². The Labute approximate surface area is 164 Å². The summed E-state index contributed by atoms with van der Waals surface area (Å²) in [6, 6.07) is 2.06. The first kappa shape index (κ1) is 20.4. The van der Waals surface area contributed by atoms with Gasteiger partial charge in [-0.1, -0.05) is 6.92 Å². The molecule has 0 aromatic heterocycles. The Kier molecular flexibility index (Phi) is 7.22. The number of ether oxygens (including phenoxy) is 2. The minimum Gasteiger partial charge on any atom is -0.503 e. The first-order valence-electron chi connectivity index (χ1n) is 7.98. The Hall–Kier alpha value is -1.87. The third kappa shape index (κ3) is 4.64. The summed E-state index contributed by atoms with van der Waals surface area (Å²) in [4.78, 5) is 24.5. The molecule has 0 radical (unpaired) electrons. The third-order valence-electron chi connectivity index (χ3n) is 3.76. The first-order valence-corrected chi connectivity index (χ1v) is 9.93. The Bertz CT molecular complexity index is 738. The lowest BCUT2D eigenvalue weighted by Crippen LogP contribution is -2.45. The van der Waals surface area contributed by atoms with Crippen molar-refractivity contribution in [2.45, 2.75) is 19.9 Å². The number of hydrogen-bond donors (Lipinski definition) is 3.